The molecule has 0 unspecified atom stereocenters. The van der Waals surface area contributed by atoms with E-state index in [1.807, 2.05) is 56.5 Å². The van der Waals surface area contributed by atoms with Crippen molar-refractivity contribution in [2.75, 3.05) is 39.3 Å². The molecule has 0 bridgehead atoms. The summed E-state index contributed by atoms with van der Waals surface area (Å²) in [5.41, 5.74) is 3.28. The number of carbonyl (C=O) groups excluding carboxylic acids is 2. The molecule has 2 rings (SSSR count). The van der Waals surface area contributed by atoms with Crippen molar-refractivity contribution in [2.45, 2.75) is 32.6 Å². The van der Waals surface area contributed by atoms with Crippen LogP contribution in [-0.4, -0.2) is 56.4 Å². The Bertz CT molecular complexity index is 1040. The molecule has 180 valence electrons. The third-order valence-electron chi connectivity index (χ3n) is 4.78. The summed E-state index contributed by atoms with van der Waals surface area (Å²) in [6.45, 7) is 3.07. The number of nitrogens with one attached hydrogen (secondary N) is 1. The lowest BCUT2D eigenvalue weighted by Crippen LogP contribution is -2.27. The largest absolute Gasteiger partial charge is 0.469 e. The first kappa shape index (κ1) is 26.6. The Labute approximate surface area is 201 Å². The minimum Gasteiger partial charge on any atom is -0.469 e. The van der Waals surface area contributed by atoms with E-state index in [0.29, 0.717) is 31.7 Å². The molecule has 8 heteroatoms. The van der Waals surface area contributed by atoms with Gasteiger partial charge in [0.2, 0.25) is 5.82 Å². The SMILES string of the molecule is CNCCCOC(=O)N(C)c1ccc(/C=C/c2cc(C)nc(C#CCCCC(=O)OC)n2)cc1. The molecule has 0 fully saturated rings. The smallest absolute Gasteiger partial charge is 0.414 e. The summed E-state index contributed by atoms with van der Waals surface area (Å²) in [6, 6.07) is 9.46. The summed E-state index contributed by atoms with van der Waals surface area (Å²) in [6.07, 6.45) is 5.78. The molecule has 0 radical (unpaired) electrons. The van der Waals surface area contributed by atoms with Gasteiger partial charge in [-0.3, -0.25) is 9.69 Å². The first-order valence-corrected chi connectivity index (χ1v) is 11.2. The van der Waals surface area contributed by atoms with Gasteiger partial charge in [0.05, 0.1) is 19.4 Å². The molecule has 2 aromatic rings. The minimum absolute atomic E-state index is 0.235. The van der Waals surface area contributed by atoms with Crippen LogP contribution < -0.4 is 10.2 Å². The molecule has 1 N–H and O–H groups in total. The van der Waals surface area contributed by atoms with E-state index >= 15 is 0 Å². The Kier molecular flexibility index (Phi) is 11.3. The number of unbranched alkanes of at least 4 members (excludes halogenated alkanes) is 1. The lowest BCUT2D eigenvalue weighted by atomic mass is 10.1. The first-order valence-electron chi connectivity index (χ1n) is 11.2. The minimum atomic E-state index is -0.380. The van der Waals surface area contributed by atoms with E-state index in [1.54, 1.807) is 7.05 Å². The number of ether oxygens (including phenoxy) is 2. The van der Waals surface area contributed by atoms with Crippen LogP contribution in [0.25, 0.3) is 12.2 Å². The molecule has 0 aliphatic carbocycles. The second-order valence-electron chi connectivity index (χ2n) is 7.54. The second-order valence-corrected chi connectivity index (χ2v) is 7.54. The van der Waals surface area contributed by atoms with Crippen LogP contribution in [0.4, 0.5) is 10.5 Å². The molecule has 1 aromatic carbocycles. The second kappa shape index (κ2) is 14.4. The van der Waals surface area contributed by atoms with E-state index in [9.17, 15) is 9.59 Å². The highest BCUT2D eigenvalue weighted by atomic mass is 16.6. The molecule has 1 heterocycles. The van der Waals surface area contributed by atoms with Gasteiger partial charge < -0.3 is 14.8 Å². The maximum Gasteiger partial charge on any atom is 0.414 e. The summed E-state index contributed by atoms with van der Waals surface area (Å²) in [5.74, 6) is 6.17. The van der Waals surface area contributed by atoms with Crippen molar-refractivity contribution in [1.82, 2.24) is 15.3 Å². The van der Waals surface area contributed by atoms with Gasteiger partial charge in [-0.1, -0.05) is 24.1 Å². The highest BCUT2D eigenvalue weighted by Crippen LogP contribution is 2.16. The third kappa shape index (κ3) is 9.43. The van der Waals surface area contributed by atoms with Crippen LogP contribution in [0.2, 0.25) is 0 Å². The number of methoxy groups -OCH3 is 1. The van der Waals surface area contributed by atoms with Gasteiger partial charge in [0.15, 0.2) is 0 Å². The average molecular weight is 465 g/mol. The van der Waals surface area contributed by atoms with Gasteiger partial charge in [-0.25, -0.2) is 14.8 Å². The number of anilines is 1. The van der Waals surface area contributed by atoms with Gasteiger partial charge in [0.25, 0.3) is 0 Å². The van der Waals surface area contributed by atoms with Crippen LogP contribution in [0.15, 0.2) is 30.3 Å². The Hall–Kier alpha value is -3.70. The third-order valence-corrected chi connectivity index (χ3v) is 4.78. The Morgan fingerprint density at radius 1 is 1.15 bits per heavy atom. The molecule has 0 atom stereocenters. The predicted octanol–water partition coefficient (Wildman–Crippen LogP) is 3.83. The molecule has 0 spiro atoms. The molecule has 1 amide bonds. The first-order chi connectivity index (χ1) is 16.4. The van der Waals surface area contributed by atoms with E-state index in [-0.39, 0.29) is 12.1 Å². The van der Waals surface area contributed by atoms with Gasteiger partial charge in [-0.05, 0) is 69.1 Å². The fourth-order valence-electron chi connectivity index (χ4n) is 2.90. The zero-order valence-corrected chi connectivity index (χ0v) is 20.3. The fraction of sp³-hybridized carbons (Fsp3) is 0.385. The summed E-state index contributed by atoms with van der Waals surface area (Å²) in [5, 5.41) is 3.02. The van der Waals surface area contributed by atoms with Crippen molar-refractivity contribution in [3.63, 3.8) is 0 Å². The average Bonchev–Trinajstić information content (AvgIpc) is 2.84. The van der Waals surface area contributed by atoms with E-state index in [1.165, 1.54) is 12.0 Å². The van der Waals surface area contributed by atoms with Gasteiger partial charge in [0, 0.05) is 31.3 Å². The maximum atomic E-state index is 12.1. The Morgan fingerprint density at radius 3 is 2.62 bits per heavy atom. The van der Waals surface area contributed by atoms with Crippen molar-refractivity contribution in [3.8, 4) is 11.8 Å². The van der Waals surface area contributed by atoms with Gasteiger partial charge in [-0.15, -0.1) is 0 Å². The van der Waals surface area contributed by atoms with Gasteiger partial charge in [-0.2, -0.15) is 0 Å². The highest BCUT2D eigenvalue weighted by molar-refractivity contribution is 5.87. The quantitative estimate of drug-likeness (QED) is 0.324. The van der Waals surface area contributed by atoms with E-state index in [4.69, 9.17) is 4.74 Å². The number of benzene rings is 1. The number of esters is 1. The summed E-state index contributed by atoms with van der Waals surface area (Å²) in [4.78, 5) is 33.6. The standard InChI is InChI=1S/C26H32N4O4/c1-20-19-22(29-24(28-20)9-6-5-7-10-25(31)33-4)14-11-21-12-15-23(16-13-21)30(3)26(32)34-18-8-17-27-2/h11-16,19,27H,5,7-8,10,17-18H2,1-4H3/b14-11+. The lowest BCUT2D eigenvalue weighted by Gasteiger charge is -2.17. The number of carbonyl (C=O) groups is 2. The number of rotatable bonds is 10. The van der Waals surface area contributed by atoms with E-state index < -0.39 is 0 Å². The molecule has 0 aliphatic rings. The van der Waals surface area contributed by atoms with Crippen LogP contribution in [0.5, 0.6) is 0 Å². The van der Waals surface area contributed by atoms with Crippen LogP contribution in [0, 0.1) is 18.8 Å². The molecule has 0 saturated heterocycles. The van der Waals surface area contributed by atoms with Crippen molar-refractivity contribution in [1.29, 1.82) is 0 Å². The van der Waals surface area contributed by atoms with Crippen LogP contribution in [0.1, 0.15) is 48.5 Å². The van der Waals surface area contributed by atoms with Crippen molar-refractivity contribution < 1.29 is 19.1 Å². The van der Waals surface area contributed by atoms with Crippen molar-refractivity contribution >= 4 is 29.9 Å². The number of hydrogen-bond acceptors (Lipinski definition) is 7. The summed E-state index contributed by atoms with van der Waals surface area (Å²) >= 11 is 0. The van der Waals surface area contributed by atoms with Gasteiger partial charge in [0.1, 0.15) is 0 Å². The van der Waals surface area contributed by atoms with Crippen LogP contribution in [-0.2, 0) is 14.3 Å². The van der Waals surface area contributed by atoms with E-state index in [0.717, 1.165) is 35.6 Å². The number of aryl methyl sites for hydroxylation is 1. The number of aromatic nitrogens is 2. The van der Waals surface area contributed by atoms with Crippen molar-refractivity contribution in [3.05, 3.63) is 53.1 Å². The lowest BCUT2D eigenvalue weighted by molar-refractivity contribution is -0.140. The molecule has 0 saturated carbocycles. The Morgan fingerprint density at radius 2 is 1.91 bits per heavy atom. The number of nitrogens with zero attached hydrogens (tertiary/aromatic N) is 3. The molecule has 0 aliphatic heterocycles. The highest BCUT2D eigenvalue weighted by Gasteiger charge is 2.11. The van der Waals surface area contributed by atoms with Crippen molar-refractivity contribution in [2.24, 2.45) is 0 Å². The van der Waals surface area contributed by atoms with Crippen LogP contribution in [0.3, 0.4) is 0 Å². The molecule has 1 aromatic heterocycles. The number of hydrogen-bond donors (Lipinski definition) is 1. The zero-order chi connectivity index (χ0) is 24.8. The fourth-order valence-corrected chi connectivity index (χ4v) is 2.90. The van der Waals surface area contributed by atoms with Gasteiger partial charge >= 0.3 is 12.1 Å². The summed E-state index contributed by atoms with van der Waals surface area (Å²) in [7, 11) is 4.93. The molecule has 34 heavy (non-hydrogen) atoms. The number of amides is 1. The molecule has 8 nitrogen and oxygen atoms in total. The van der Waals surface area contributed by atoms with E-state index in [2.05, 4.69) is 31.9 Å². The Balaban J connectivity index is 1.96. The molecular formula is C26H32N4O4. The van der Waals surface area contributed by atoms with Crippen LogP contribution >= 0.6 is 0 Å². The predicted molar refractivity (Wildman–Crippen MR) is 133 cm³/mol. The zero-order valence-electron chi connectivity index (χ0n) is 20.3. The summed E-state index contributed by atoms with van der Waals surface area (Å²) < 4.78 is 9.88. The normalized spacial score (nSPS) is 10.5. The monoisotopic (exact) mass is 464 g/mol. The molecular weight excluding hydrogens is 432 g/mol. The topological polar surface area (TPSA) is 93.7 Å². The maximum absolute atomic E-state index is 12.1.